The van der Waals surface area contributed by atoms with Crippen molar-refractivity contribution in [2.45, 2.75) is 13.5 Å². The monoisotopic (exact) mass is 352 g/mol. The molecule has 6 nitrogen and oxygen atoms in total. The van der Waals surface area contributed by atoms with Crippen LogP contribution in [0, 0.1) is 12.3 Å². The van der Waals surface area contributed by atoms with E-state index in [1.165, 1.54) is 0 Å². The molecule has 7 heteroatoms. The van der Waals surface area contributed by atoms with Crippen molar-refractivity contribution in [2.24, 2.45) is 12.8 Å². The van der Waals surface area contributed by atoms with Crippen LogP contribution < -0.4 is 15.2 Å². The maximum Gasteiger partial charge on any atom is 0.131 e. The van der Waals surface area contributed by atoms with E-state index in [0.717, 1.165) is 15.9 Å². The number of rotatable bonds is 5. The Hall–Kier alpha value is -2.02. The Kier molecular flexibility index (Phi) is 4.52. The van der Waals surface area contributed by atoms with Crippen LogP contribution in [0.1, 0.15) is 17.0 Å². The number of aryl methyl sites for hydroxylation is 2. The summed E-state index contributed by atoms with van der Waals surface area (Å²) >= 11 is 3.50. The number of nitrogen functional groups attached to an aromatic ring is 1. The van der Waals surface area contributed by atoms with Gasteiger partial charge in [-0.15, -0.1) is 0 Å². The number of halogens is 1. The molecule has 0 atom stereocenters. The highest BCUT2D eigenvalue weighted by atomic mass is 79.9. The zero-order valence-electron chi connectivity index (χ0n) is 12.1. The Morgan fingerprint density at radius 1 is 1.38 bits per heavy atom. The molecule has 1 heterocycles. The van der Waals surface area contributed by atoms with Gasteiger partial charge in [0.05, 0.1) is 23.0 Å². The molecule has 112 valence electrons. The van der Waals surface area contributed by atoms with Gasteiger partial charge in [0.15, 0.2) is 0 Å². The van der Waals surface area contributed by atoms with Crippen molar-refractivity contribution in [2.75, 3.05) is 7.11 Å². The van der Waals surface area contributed by atoms with Crippen LogP contribution in [-0.4, -0.2) is 22.7 Å². The fraction of sp³-hybridized carbons (Fsp3) is 0.286. The van der Waals surface area contributed by atoms with Crippen LogP contribution in [0.5, 0.6) is 11.5 Å². The molecule has 0 aliphatic rings. The van der Waals surface area contributed by atoms with Crippen molar-refractivity contribution in [3.63, 3.8) is 0 Å². The summed E-state index contributed by atoms with van der Waals surface area (Å²) in [5, 5.41) is 11.8. The lowest BCUT2D eigenvalue weighted by atomic mass is 10.2. The summed E-state index contributed by atoms with van der Waals surface area (Å²) in [6.45, 7) is 2.27. The van der Waals surface area contributed by atoms with Gasteiger partial charge in [-0.1, -0.05) is 0 Å². The highest BCUT2D eigenvalue weighted by Crippen LogP contribution is 2.25. The fourth-order valence-electron chi connectivity index (χ4n) is 1.92. The predicted molar refractivity (Wildman–Crippen MR) is 84.0 cm³/mol. The Morgan fingerprint density at radius 2 is 2.05 bits per heavy atom. The first-order chi connectivity index (χ1) is 9.92. The van der Waals surface area contributed by atoms with Crippen LogP contribution in [0.15, 0.2) is 22.7 Å². The maximum atomic E-state index is 7.52. The van der Waals surface area contributed by atoms with Crippen LogP contribution in [-0.2, 0) is 13.7 Å². The van der Waals surface area contributed by atoms with Crippen molar-refractivity contribution in [1.29, 1.82) is 5.41 Å². The lowest BCUT2D eigenvalue weighted by Gasteiger charge is -2.10. The molecule has 2 rings (SSSR count). The molecule has 0 saturated carbocycles. The quantitative estimate of drug-likeness (QED) is 0.638. The molecule has 0 unspecified atom stereocenters. The summed E-state index contributed by atoms with van der Waals surface area (Å²) in [4.78, 5) is 0. The number of nitrogens with two attached hydrogens (primary N) is 1. The Bertz CT molecular complexity index is 682. The number of benzene rings is 1. The number of hydrogen-bond donors (Lipinski definition) is 2. The maximum absolute atomic E-state index is 7.52. The minimum Gasteiger partial charge on any atom is -0.497 e. The van der Waals surface area contributed by atoms with E-state index in [0.29, 0.717) is 23.7 Å². The van der Waals surface area contributed by atoms with E-state index in [9.17, 15) is 0 Å². The summed E-state index contributed by atoms with van der Waals surface area (Å²) in [6, 6.07) is 5.16. The van der Waals surface area contributed by atoms with E-state index >= 15 is 0 Å². The van der Waals surface area contributed by atoms with Crippen LogP contribution >= 0.6 is 15.9 Å². The number of nitrogens with one attached hydrogen (secondary N) is 1. The number of methoxy groups -OCH3 is 1. The predicted octanol–water partition coefficient (Wildman–Crippen LogP) is 2.36. The highest BCUT2D eigenvalue weighted by molar-refractivity contribution is 9.10. The fourth-order valence-corrected chi connectivity index (χ4v) is 2.37. The van der Waals surface area contributed by atoms with E-state index in [1.54, 1.807) is 30.0 Å². The van der Waals surface area contributed by atoms with E-state index < -0.39 is 0 Å². The van der Waals surface area contributed by atoms with E-state index in [1.807, 2.05) is 14.0 Å². The smallest absolute Gasteiger partial charge is 0.131 e. The van der Waals surface area contributed by atoms with Crippen LogP contribution in [0.4, 0.5) is 0 Å². The van der Waals surface area contributed by atoms with Gasteiger partial charge in [-0.25, -0.2) is 0 Å². The summed E-state index contributed by atoms with van der Waals surface area (Å²) in [5.74, 6) is 1.15. The number of hydrogen-bond acceptors (Lipinski definition) is 4. The zero-order chi connectivity index (χ0) is 15.6. The molecular formula is C14H17BrN4O2. The van der Waals surface area contributed by atoms with Crippen LogP contribution in [0.25, 0.3) is 0 Å². The third-order valence-corrected chi connectivity index (χ3v) is 4.10. The molecule has 0 fully saturated rings. The summed E-state index contributed by atoms with van der Waals surface area (Å²) < 4.78 is 13.7. The number of ether oxygens (including phenoxy) is 2. The van der Waals surface area contributed by atoms with Gasteiger partial charge in [0, 0.05) is 18.7 Å². The SMILES string of the molecule is COc1cc(OCc2c(Br)c(C)nn2C)cc(C(=N)N)c1. The minimum atomic E-state index is -0.0312. The van der Waals surface area contributed by atoms with Crippen molar-refractivity contribution in [3.8, 4) is 11.5 Å². The van der Waals surface area contributed by atoms with Crippen molar-refractivity contribution >= 4 is 21.8 Å². The topological polar surface area (TPSA) is 86.2 Å². The van der Waals surface area contributed by atoms with E-state index in [2.05, 4.69) is 21.0 Å². The minimum absolute atomic E-state index is 0.0312. The molecule has 0 amide bonds. The molecule has 0 radical (unpaired) electrons. The molecule has 0 bridgehead atoms. The van der Waals surface area contributed by atoms with Gasteiger partial charge < -0.3 is 15.2 Å². The van der Waals surface area contributed by atoms with Crippen LogP contribution in [0.3, 0.4) is 0 Å². The van der Waals surface area contributed by atoms with Crippen molar-refractivity contribution in [3.05, 3.63) is 39.6 Å². The molecule has 3 N–H and O–H groups in total. The average molecular weight is 353 g/mol. The molecule has 1 aromatic carbocycles. The van der Waals surface area contributed by atoms with Gasteiger partial charge >= 0.3 is 0 Å². The van der Waals surface area contributed by atoms with Gasteiger partial charge in [-0.2, -0.15) is 5.10 Å². The molecule has 21 heavy (non-hydrogen) atoms. The first-order valence-corrected chi connectivity index (χ1v) is 7.06. The average Bonchev–Trinajstić information content (AvgIpc) is 2.69. The Labute approximate surface area is 131 Å². The third-order valence-electron chi connectivity index (χ3n) is 3.06. The van der Waals surface area contributed by atoms with Gasteiger partial charge in [0.1, 0.15) is 23.9 Å². The summed E-state index contributed by atoms with van der Waals surface area (Å²) in [6.07, 6.45) is 0. The van der Waals surface area contributed by atoms with Gasteiger partial charge in [-0.3, -0.25) is 10.1 Å². The van der Waals surface area contributed by atoms with Gasteiger partial charge in [-0.05, 0) is 35.0 Å². The third kappa shape index (κ3) is 3.36. The largest absolute Gasteiger partial charge is 0.497 e. The normalized spacial score (nSPS) is 10.5. The second-order valence-electron chi connectivity index (χ2n) is 4.57. The first kappa shape index (κ1) is 15.4. The van der Waals surface area contributed by atoms with Crippen LogP contribution in [0.2, 0.25) is 0 Å². The Balaban J connectivity index is 2.23. The van der Waals surface area contributed by atoms with E-state index in [4.69, 9.17) is 20.6 Å². The molecule has 1 aromatic heterocycles. The lowest BCUT2D eigenvalue weighted by molar-refractivity contribution is 0.292. The first-order valence-electron chi connectivity index (χ1n) is 6.26. The summed E-state index contributed by atoms with van der Waals surface area (Å²) in [7, 11) is 3.42. The second-order valence-corrected chi connectivity index (χ2v) is 5.36. The number of amidine groups is 1. The molecule has 0 saturated heterocycles. The zero-order valence-corrected chi connectivity index (χ0v) is 13.7. The molecule has 0 aliphatic heterocycles. The molecular weight excluding hydrogens is 336 g/mol. The van der Waals surface area contributed by atoms with Crippen molar-refractivity contribution < 1.29 is 9.47 Å². The second kappa shape index (κ2) is 6.17. The highest BCUT2D eigenvalue weighted by Gasteiger charge is 2.12. The van der Waals surface area contributed by atoms with E-state index in [-0.39, 0.29) is 5.84 Å². The Morgan fingerprint density at radius 3 is 2.57 bits per heavy atom. The van der Waals surface area contributed by atoms with Gasteiger partial charge in [0.2, 0.25) is 0 Å². The molecule has 2 aromatic rings. The lowest BCUT2D eigenvalue weighted by Crippen LogP contribution is -2.11. The summed E-state index contributed by atoms with van der Waals surface area (Å²) in [5.41, 5.74) is 7.91. The number of aromatic nitrogens is 2. The standard InChI is InChI=1S/C14H17BrN4O2/c1-8-13(15)12(19(2)18-8)7-21-11-5-9(14(16)17)4-10(6-11)20-3/h4-6H,7H2,1-3H3,(H3,16,17). The van der Waals surface area contributed by atoms with Gasteiger partial charge in [0.25, 0.3) is 0 Å². The number of nitrogens with zero attached hydrogens (tertiary/aromatic N) is 2. The van der Waals surface area contributed by atoms with Crippen molar-refractivity contribution in [1.82, 2.24) is 9.78 Å². The molecule has 0 spiro atoms. The molecule has 0 aliphatic carbocycles.